The van der Waals surface area contributed by atoms with E-state index in [0.717, 1.165) is 0 Å². The minimum Gasteiger partial charge on any atom is -0.822 e. The zero-order chi connectivity index (χ0) is 8.74. The third-order valence-corrected chi connectivity index (χ3v) is 0.607. The number of phosphoric acid groups is 1. The zero-order valence-corrected chi connectivity index (χ0v) is 19.5. The van der Waals surface area contributed by atoms with E-state index >= 15 is 0 Å². The van der Waals surface area contributed by atoms with Crippen molar-refractivity contribution < 1.29 is 159 Å². The molecule has 0 N–H and O–H groups in total. The molecular formula is C6H5KNa3O4P. The first-order chi connectivity index (χ1) is 5.00. The van der Waals surface area contributed by atoms with Gasteiger partial charge < -0.3 is 19.2 Å². The van der Waals surface area contributed by atoms with Gasteiger partial charge in [0.05, 0.1) is 0 Å². The monoisotopic (exact) mass is 280 g/mol. The molecule has 0 aromatic heterocycles. The van der Waals surface area contributed by atoms with Crippen LogP contribution in [0.25, 0.3) is 0 Å². The van der Waals surface area contributed by atoms with E-state index in [1.54, 1.807) is 0 Å². The van der Waals surface area contributed by atoms with E-state index in [2.05, 4.69) is 6.07 Å². The predicted octanol–water partition coefficient (Wildman–Crippen LogP) is -13.3. The van der Waals surface area contributed by atoms with E-state index in [1.165, 1.54) is 0 Å². The van der Waals surface area contributed by atoms with Crippen molar-refractivity contribution in [2.45, 2.75) is 0 Å². The topological polar surface area (TPSA) is 86.2 Å². The van der Waals surface area contributed by atoms with Crippen LogP contribution in [0.5, 0.6) is 0 Å². The first-order valence-corrected chi connectivity index (χ1v) is 4.10. The van der Waals surface area contributed by atoms with E-state index in [0.29, 0.717) is 0 Å². The molecular weight excluding hydrogens is 275 g/mol. The third-order valence-electron chi connectivity index (χ3n) is 0.607. The standard InChI is InChI=1S/C6H5.K.3Na.H3O4P/c1-2-4-6-5-3-1;;;;;1-5(2,3)4/h1-5H;;;;;(H3,1,2,3,4)/q-1;4*+1;/p-3. The minimum absolute atomic E-state index is 0. The summed E-state index contributed by atoms with van der Waals surface area (Å²) in [6, 6.07) is 12.5. The van der Waals surface area contributed by atoms with Crippen molar-refractivity contribution in [3.8, 4) is 0 Å². The van der Waals surface area contributed by atoms with Gasteiger partial charge in [-0.25, -0.2) is 0 Å². The van der Waals surface area contributed by atoms with Crippen molar-refractivity contribution in [2.24, 2.45) is 0 Å². The first-order valence-electron chi connectivity index (χ1n) is 2.64. The molecule has 0 spiro atoms. The molecule has 0 heterocycles. The van der Waals surface area contributed by atoms with E-state index in [-0.39, 0.29) is 140 Å². The second-order valence-corrected chi connectivity index (χ2v) is 2.42. The fourth-order valence-corrected chi connectivity index (χ4v) is 0.342. The van der Waals surface area contributed by atoms with Gasteiger partial charge in [0.15, 0.2) is 0 Å². The van der Waals surface area contributed by atoms with Gasteiger partial charge >= 0.3 is 140 Å². The van der Waals surface area contributed by atoms with Crippen LogP contribution in [0.15, 0.2) is 30.3 Å². The normalized spacial score (nSPS) is 7.13. The molecule has 0 saturated heterocycles. The molecule has 0 radical (unpaired) electrons. The van der Waals surface area contributed by atoms with Gasteiger partial charge in [0.1, 0.15) is 0 Å². The summed E-state index contributed by atoms with van der Waals surface area (Å²) >= 11 is 0. The van der Waals surface area contributed by atoms with Crippen LogP contribution < -0.4 is 155 Å². The molecule has 0 bridgehead atoms. The van der Waals surface area contributed by atoms with Gasteiger partial charge in [-0.3, -0.25) is 0 Å². The summed E-state index contributed by atoms with van der Waals surface area (Å²) in [7, 11) is -5.39. The molecule has 1 aromatic carbocycles. The maximum absolute atomic E-state index is 8.55. The number of hydrogen-bond donors (Lipinski definition) is 0. The summed E-state index contributed by atoms with van der Waals surface area (Å²) in [5.41, 5.74) is 0. The van der Waals surface area contributed by atoms with Gasteiger partial charge in [-0.15, -0.1) is 0 Å². The molecule has 0 saturated carbocycles. The van der Waals surface area contributed by atoms with Crippen LogP contribution in [0.1, 0.15) is 0 Å². The van der Waals surface area contributed by atoms with Crippen LogP contribution in [0.2, 0.25) is 0 Å². The molecule has 1 rings (SSSR count). The molecule has 15 heavy (non-hydrogen) atoms. The molecule has 0 atom stereocenters. The van der Waals surface area contributed by atoms with Crippen molar-refractivity contribution >= 4 is 7.82 Å². The van der Waals surface area contributed by atoms with E-state index in [9.17, 15) is 0 Å². The van der Waals surface area contributed by atoms with Crippen LogP contribution in [-0.2, 0) is 4.57 Å². The minimum atomic E-state index is -5.39. The molecule has 0 fully saturated rings. The van der Waals surface area contributed by atoms with Gasteiger partial charge in [-0.2, -0.15) is 44.2 Å². The van der Waals surface area contributed by atoms with Crippen LogP contribution in [0.3, 0.4) is 0 Å². The fourth-order valence-electron chi connectivity index (χ4n) is 0.342. The molecule has 0 aliphatic carbocycles. The smallest absolute Gasteiger partial charge is 0.822 e. The zero-order valence-electron chi connectivity index (χ0n) is 9.47. The third kappa shape index (κ3) is 46.1. The van der Waals surface area contributed by atoms with Crippen molar-refractivity contribution in [2.75, 3.05) is 0 Å². The molecule has 1 aromatic rings. The van der Waals surface area contributed by atoms with Crippen LogP contribution in [0.4, 0.5) is 0 Å². The summed E-state index contributed by atoms with van der Waals surface area (Å²) in [4.78, 5) is 25.6. The largest absolute Gasteiger partial charge is 1.00 e. The molecule has 4 nitrogen and oxygen atoms in total. The molecule has 0 amide bonds. The Morgan fingerprint density at radius 1 is 0.867 bits per heavy atom. The Balaban J connectivity index is -0.0000000356. The Morgan fingerprint density at radius 2 is 1.13 bits per heavy atom. The summed E-state index contributed by atoms with van der Waals surface area (Å²) in [5.74, 6) is 0. The van der Waals surface area contributed by atoms with Crippen molar-refractivity contribution in [1.82, 2.24) is 0 Å². The number of benzene rings is 1. The Hall–Kier alpha value is 3.97. The van der Waals surface area contributed by atoms with E-state index < -0.39 is 7.82 Å². The van der Waals surface area contributed by atoms with Crippen LogP contribution >= 0.6 is 7.82 Å². The molecule has 9 heteroatoms. The second kappa shape index (κ2) is 20.3. The quantitative estimate of drug-likeness (QED) is 0.268. The molecule has 0 unspecified atom stereocenters. The SMILES string of the molecule is O=P([O-])([O-])[O-].[K+].[Na+].[Na+].[Na+].[c-]1ccccc1. The van der Waals surface area contributed by atoms with Crippen LogP contribution in [0, 0.1) is 6.07 Å². The van der Waals surface area contributed by atoms with Crippen molar-refractivity contribution in [1.29, 1.82) is 0 Å². The average Bonchev–Trinajstić information content (AvgIpc) is 1.88. The summed E-state index contributed by atoms with van der Waals surface area (Å²) in [5, 5.41) is 0. The first kappa shape index (κ1) is 31.4. The van der Waals surface area contributed by atoms with E-state index in [1.807, 2.05) is 30.3 Å². The fraction of sp³-hybridized carbons (Fsp3) is 0. The predicted molar refractivity (Wildman–Crippen MR) is 32.9 cm³/mol. The average molecular weight is 280 g/mol. The maximum Gasteiger partial charge on any atom is 1.00 e. The van der Waals surface area contributed by atoms with Gasteiger partial charge in [-0.1, -0.05) is 0 Å². The number of rotatable bonds is 0. The second-order valence-electron chi connectivity index (χ2n) is 1.52. The molecule has 62 valence electrons. The maximum atomic E-state index is 8.55. The van der Waals surface area contributed by atoms with Crippen molar-refractivity contribution in [3.63, 3.8) is 0 Å². The van der Waals surface area contributed by atoms with Gasteiger partial charge in [0.25, 0.3) is 0 Å². The molecule has 0 aliphatic heterocycles. The van der Waals surface area contributed by atoms with Gasteiger partial charge in [-0.05, 0) is 0 Å². The van der Waals surface area contributed by atoms with Crippen molar-refractivity contribution in [3.05, 3.63) is 36.4 Å². The van der Waals surface area contributed by atoms with Gasteiger partial charge in [0.2, 0.25) is 0 Å². The Kier molecular flexibility index (Phi) is 42.4. The Morgan fingerprint density at radius 3 is 1.20 bits per heavy atom. The summed E-state index contributed by atoms with van der Waals surface area (Å²) in [6.45, 7) is 0. The summed E-state index contributed by atoms with van der Waals surface area (Å²) in [6.07, 6.45) is 0. The Bertz CT molecular complexity index is 198. The number of hydrogen-bond acceptors (Lipinski definition) is 4. The van der Waals surface area contributed by atoms with Gasteiger partial charge in [0, 0.05) is 0 Å². The summed E-state index contributed by atoms with van der Waals surface area (Å²) < 4.78 is 8.55. The molecule has 0 aliphatic rings. The van der Waals surface area contributed by atoms with E-state index in [4.69, 9.17) is 19.2 Å². The van der Waals surface area contributed by atoms with Crippen LogP contribution in [-0.4, -0.2) is 0 Å². The Labute approximate surface area is 199 Å².